The Bertz CT molecular complexity index is 2400. The number of thioether (sulfide) groups is 2. The van der Waals surface area contributed by atoms with Crippen molar-refractivity contribution in [2.75, 3.05) is 45.0 Å². The molecule has 0 aromatic heterocycles. The van der Waals surface area contributed by atoms with Crippen molar-refractivity contribution in [3.05, 3.63) is 71.8 Å². The van der Waals surface area contributed by atoms with Gasteiger partial charge in [0.2, 0.25) is 29.5 Å². The van der Waals surface area contributed by atoms with E-state index in [-0.39, 0.29) is 60.2 Å². The van der Waals surface area contributed by atoms with Crippen LogP contribution in [0.4, 0.5) is 4.79 Å². The number of fused-ring (bicyclic) bond motifs is 2. The lowest BCUT2D eigenvalue weighted by Gasteiger charge is -2.35. The van der Waals surface area contributed by atoms with Gasteiger partial charge in [-0.05, 0) is 112 Å². The Kier molecular flexibility index (Phi) is 19.8. The van der Waals surface area contributed by atoms with Crippen molar-refractivity contribution in [3.63, 3.8) is 0 Å². The number of ether oxygens (including phenoxy) is 3. The van der Waals surface area contributed by atoms with Gasteiger partial charge in [0, 0.05) is 7.05 Å². The standard InChI is InChI=1S/C55H75N7O9S2/c1-36(60(9)52(68)71-53(2,3)4)47(63)59-42-27-33-73-44-35-55(7,8)46(62(44)51(42)67)49(65)58-41(38-22-16-13-17-23-38)25-31-70-29-19-11-10-18-28-69-30-24-40(37-20-14-12-15-21-37)57-48(64)45-54(5,6)34-43-61(45)50(66)39(56)26-32-72-43/h12-17,20-23,36,39-46H,24-35,56H2,1-9H3,(H,57,64)(H,58,65)(H,59,63)/t36-,39-,40+,41+,42-,43-,44-,45+,46+/m0/s1. The first-order valence-corrected chi connectivity index (χ1v) is 27.4. The number of likely N-dealkylation sites (N-methyl/N-ethyl adjacent to an activating group) is 1. The number of nitrogens with one attached hydrogen (secondary N) is 3. The maximum atomic E-state index is 14.5. The SMILES string of the molecule is C[C@@H](C(=O)N[C@H]1CCS[C@H]2CC(C)(C)[C@@H](C(=O)N[C@H](CCOCC#CC#CCOCC[C@@H](NC(=O)[C@H]3N4C(=O)[C@@H](N)CCS[C@H]4CC3(C)C)c3ccccc3)c3ccccc3)N2C1=O)N(C)C(=O)OC(C)(C)C. The van der Waals surface area contributed by atoms with E-state index >= 15 is 0 Å². The molecule has 396 valence electrons. The largest absolute Gasteiger partial charge is 0.444 e. The van der Waals surface area contributed by atoms with Crippen LogP contribution in [0.5, 0.6) is 0 Å². The number of benzene rings is 2. The molecule has 73 heavy (non-hydrogen) atoms. The van der Waals surface area contributed by atoms with Gasteiger partial charge in [-0.2, -0.15) is 0 Å². The van der Waals surface area contributed by atoms with Gasteiger partial charge in [-0.1, -0.05) is 100 Å². The normalized spacial score (nSPS) is 24.4. The van der Waals surface area contributed by atoms with Gasteiger partial charge in [0.25, 0.3) is 0 Å². The summed E-state index contributed by atoms with van der Waals surface area (Å²) in [5.74, 6) is 11.4. The van der Waals surface area contributed by atoms with Crippen LogP contribution in [0.15, 0.2) is 60.7 Å². The topological polar surface area (TPSA) is 202 Å². The molecule has 6 amide bonds. The fraction of sp³-hybridized carbons (Fsp3) is 0.600. The summed E-state index contributed by atoms with van der Waals surface area (Å²) >= 11 is 3.31. The second kappa shape index (κ2) is 25.3. The van der Waals surface area contributed by atoms with Crippen LogP contribution < -0.4 is 21.7 Å². The number of nitrogens with two attached hydrogens (primary N) is 1. The van der Waals surface area contributed by atoms with Crippen molar-refractivity contribution in [3.8, 4) is 23.7 Å². The monoisotopic (exact) mass is 1040 g/mol. The second-order valence-corrected chi connectivity index (χ2v) is 24.1. The Morgan fingerprint density at radius 2 is 1.21 bits per heavy atom. The Labute approximate surface area is 440 Å². The molecule has 0 unspecified atom stereocenters. The van der Waals surface area contributed by atoms with Crippen molar-refractivity contribution < 1.29 is 43.0 Å². The molecule has 4 heterocycles. The van der Waals surface area contributed by atoms with Crippen LogP contribution in [0.2, 0.25) is 0 Å². The number of hydrogen-bond acceptors (Lipinski definition) is 12. The lowest BCUT2D eigenvalue weighted by atomic mass is 9.83. The van der Waals surface area contributed by atoms with Crippen LogP contribution in [-0.2, 0) is 38.2 Å². The number of rotatable bonds is 17. The quantitative estimate of drug-likeness (QED) is 0.110. The third kappa shape index (κ3) is 15.0. The molecule has 2 aromatic carbocycles. The van der Waals surface area contributed by atoms with Gasteiger partial charge in [-0.25, -0.2) is 4.79 Å². The van der Waals surface area contributed by atoms with Gasteiger partial charge in [-0.15, -0.1) is 23.5 Å². The molecule has 18 heteroatoms. The number of carbonyl (C=O) groups excluding carboxylic acids is 6. The van der Waals surface area contributed by atoms with E-state index < -0.39 is 64.7 Å². The molecule has 5 N–H and O–H groups in total. The van der Waals surface area contributed by atoms with E-state index in [9.17, 15) is 28.8 Å². The fourth-order valence-corrected chi connectivity index (χ4v) is 13.0. The van der Waals surface area contributed by atoms with Crippen LogP contribution in [0, 0.1) is 34.5 Å². The van der Waals surface area contributed by atoms with Crippen LogP contribution >= 0.6 is 23.5 Å². The van der Waals surface area contributed by atoms with Crippen LogP contribution in [0.25, 0.3) is 0 Å². The number of amides is 6. The average molecular weight is 1040 g/mol. The third-order valence-electron chi connectivity index (χ3n) is 13.8. The number of hydrogen-bond donors (Lipinski definition) is 4. The number of nitrogens with zero attached hydrogens (tertiary/aromatic N) is 3. The van der Waals surface area contributed by atoms with Crippen molar-refractivity contribution >= 4 is 59.2 Å². The van der Waals surface area contributed by atoms with E-state index in [0.717, 1.165) is 16.9 Å². The molecule has 6 rings (SSSR count). The highest BCUT2D eigenvalue weighted by Gasteiger charge is 2.56. The van der Waals surface area contributed by atoms with Gasteiger partial charge in [-0.3, -0.25) is 28.9 Å². The van der Waals surface area contributed by atoms with E-state index in [1.807, 2.05) is 88.4 Å². The predicted octanol–water partition coefficient (Wildman–Crippen LogP) is 5.77. The van der Waals surface area contributed by atoms with Crippen molar-refractivity contribution in [1.82, 2.24) is 30.7 Å². The molecular weight excluding hydrogens is 967 g/mol. The zero-order chi connectivity index (χ0) is 53.1. The highest BCUT2D eigenvalue weighted by Crippen LogP contribution is 2.48. The number of carbonyl (C=O) groups is 6. The van der Waals surface area contributed by atoms with Crippen LogP contribution in [0.1, 0.15) is 117 Å². The summed E-state index contributed by atoms with van der Waals surface area (Å²) in [7, 11) is 1.48. The zero-order valence-electron chi connectivity index (χ0n) is 43.9. The minimum absolute atomic E-state index is 0.0810. The maximum Gasteiger partial charge on any atom is 0.410 e. The molecule has 2 aromatic rings. The summed E-state index contributed by atoms with van der Waals surface area (Å²) < 4.78 is 17.2. The third-order valence-corrected chi connectivity index (χ3v) is 16.3. The zero-order valence-corrected chi connectivity index (χ0v) is 45.5. The Hall–Kier alpha value is -5.24. The first-order chi connectivity index (χ1) is 34.6. The van der Waals surface area contributed by atoms with E-state index in [0.29, 0.717) is 50.9 Å². The predicted molar refractivity (Wildman–Crippen MR) is 284 cm³/mol. The second-order valence-electron chi connectivity index (χ2n) is 21.6. The van der Waals surface area contributed by atoms with Crippen molar-refractivity contribution in [2.24, 2.45) is 16.6 Å². The van der Waals surface area contributed by atoms with Gasteiger partial charge < -0.3 is 45.7 Å². The molecule has 0 spiro atoms. The average Bonchev–Trinajstić information content (AvgIpc) is 3.67. The van der Waals surface area contributed by atoms with Crippen LogP contribution in [-0.4, -0.2) is 142 Å². The van der Waals surface area contributed by atoms with E-state index in [1.54, 1.807) is 61.0 Å². The van der Waals surface area contributed by atoms with Crippen molar-refractivity contribution in [1.29, 1.82) is 0 Å². The minimum Gasteiger partial charge on any atom is -0.444 e. The highest BCUT2D eigenvalue weighted by atomic mass is 32.2. The molecule has 0 radical (unpaired) electrons. The highest BCUT2D eigenvalue weighted by molar-refractivity contribution is 8.00. The summed E-state index contributed by atoms with van der Waals surface area (Å²) in [5.41, 5.74) is 6.31. The molecule has 0 bridgehead atoms. The van der Waals surface area contributed by atoms with E-state index in [4.69, 9.17) is 19.9 Å². The molecular formula is C55H75N7O9S2. The Morgan fingerprint density at radius 1 is 0.753 bits per heavy atom. The summed E-state index contributed by atoms with van der Waals surface area (Å²) in [4.78, 5) is 87.0. The molecule has 4 fully saturated rings. The maximum absolute atomic E-state index is 14.5. The first kappa shape index (κ1) is 57.0. The van der Waals surface area contributed by atoms with Crippen LogP contribution in [0.3, 0.4) is 0 Å². The Morgan fingerprint density at radius 3 is 1.67 bits per heavy atom. The molecule has 9 atom stereocenters. The molecule has 0 saturated carbocycles. The summed E-state index contributed by atoms with van der Waals surface area (Å²) in [6.45, 7) is 15.7. The molecule has 4 saturated heterocycles. The molecule has 4 aliphatic heterocycles. The molecule has 16 nitrogen and oxygen atoms in total. The van der Waals surface area contributed by atoms with Crippen molar-refractivity contribution in [2.45, 2.75) is 153 Å². The lowest BCUT2D eigenvalue weighted by Crippen LogP contribution is -2.58. The Balaban J connectivity index is 0.988. The summed E-state index contributed by atoms with van der Waals surface area (Å²) in [5, 5.41) is 9.02. The van der Waals surface area contributed by atoms with E-state index in [1.165, 1.54) is 11.9 Å². The van der Waals surface area contributed by atoms with E-state index in [2.05, 4.69) is 39.6 Å². The minimum atomic E-state index is -0.907. The van der Waals surface area contributed by atoms with Gasteiger partial charge in [0.05, 0.1) is 42.1 Å². The van der Waals surface area contributed by atoms with Gasteiger partial charge in [0.15, 0.2) is 0 Å². The first-order valence-electron chi connectivity index (χ1n) is 25.3. The van der Waals surface area contributed by atoms with Gasteiger partial charge in [0.1, 0.15) is 43.0 Å². The smallest absolute Gasteiger partial charge is 0.410 e. The van der Waals surface area contributed by atoms with Gasteiger partial charge >= 0.3 is 6.09 Å². The summed E-state index contributed by atoms with van der Waals surface area (Å²) in [6.07, 6.45) is 2.56. The fourth-order valence-electron chi connectivity index (χ4n) is 9.88. The lowest BCUT2D eigenvalue weighted by molar-refractivity contribution is -0.144. The summed E-state index contributed by atoms with van der Waals surface area (Å²) in [6, 6.07) is 14.7. The molecule has 4 aliphatic rings. The molecule has 0 aliphatic carbocycles.